The Kier molecular flexibility index (Phi) is 5.17. The summed E-state index contributed by atoms with van der Waals surface area (Å²) < 4.78 is 1.46. The lowest BCUT2D eigenvalue weighted by Gasteiger charge is -2.12. The zero-order valence-electron chi connectivity index (χ0n) is 14.8. The number of hydrogen-bond donors (Lipinski definition) is 1. The fourth-order valence-corrected chi connectivity index (χ4v) is 3.20. The molecule has 0 unspecified atom stereocenters. The normalized spacial score (nSPS) is 10.6. The van der Waals surface area contributed by atoms with Crippen molar-refractivity contribution in [2.24, 2.45) is 7.05 Å². The third-order valence-electron chi connectivity index (χ3n) is 3.84. The highest BCUT2D eigenvalue weighted by Gasteiger charge is 2.20. The standard InChI is InChI=1S/C17H16N6O3S/c1-10-4-5-11(2)14(8-10)18-16(24)13-9-12(23(25)26)6-7-15(13)27-17-19-20-21-22(17)3/h4-9H,1-3H3,(H,18,24). The van der Waals surface area contributed by atoms with Crippen LogP contribution < -0.4 is 5.32 Å². The van der Waals surface area contributed by atoms with Crippen LogP contribution in [0.5, 0.6) is 0 Å². The molecule has 3 rings (SSSR count). The lowest BCUT2D eigenvalue weighted by atomic mass is 10.1. The monoisotopic (exact) mass is 384 g/mol. The van der Waals surface area contributed by atoms with E-state index in [1.807, 2.05) is 32.0 Å². The van der Waals surface area contributed by atoms with Crippen molar-refractivity contribution in [3.8, 4) is 0 Å². The summed E-state index contributed by atoms with van der Waals surface area (Å²) in [5, 5.41) is 25.6. The smallest absolute Gasteiger partial charge is 0.270 e. The Morgan fingerprint density at radius 3 is 2.67 bits per heavy atom. The zero-order valence-corrected chi connectivity index (χ0v) is 15.6. The molecule has 1 aromatic heterocycles. The Hall–Kier alpha value is -3.27. The first-order valence-electron chi connectivity index (χ1n) is 7.92. The van der Waals surface area contributed by atoms with Crippen molar-refractivity contribution in [2.75, 3.05) is 5.32 Å². The van der Waals surface area contributed by atoms with Gasteiger partial charge >= 0.3 is 0 Å². The van der Waals surface area contributed by atoms with Crippen LogP contribution >= 0.6 is 11.8 Å². The summed E-state index contributed by atoms with van der Waals surface area (Å²) in [6, 6.07) is 9.83. The molecule has 1 N–H and O–H groups in total. The van der Waals surface area contributed by atoms with Gasteiger partial charge in [0.2, 0.25) is 5.16 Å². The van der Waals surface area contributed by atoms with Crippen LogP contribution in [0.3, 0.4) is 0 Å². The number of carbonyl (C=O) groups is 1. The van der Waals surface area contributed by atoms with Gasteiger partial charge in [-0.05, 0) is 59.3 Å². The molecule has 0 aliphatic carbocycles. The zero-order chi connectivity index (χ0) is 19.6. The average molecular weight is 384 g/mol. The van der Waals surface area contributed by atoms with Crippen molar-refractivity contribution < 1.29 is 9.72 Å². The molecule has 0 atom stereocenters. The van der Waals surface area contributed by atoms with Gasteiger partial charge in [0.15, 0.2) is 0 Å². The van der Waals surface area contributed by atoms with Gasteiger partial charge in [0.25, 0.3) is 11.6 Å². The number of rotatable bonds is 5. The third-order valence-corrected chi connectivity index (χ3v) is 4.95. The number of nitrogens with one attached hydrogen (secondary N) is 1. The van der Waals surface area contributed by atoms with Crippen molar-refractivity contribution in [3.05, 3.63) is 63.2 Å². The number of hydrogen-bond acceptors (Lipinski definition) is 7. The SMILES string of the molecule is Cc1ccc(C)c(NC(=O)c2cc([N+](=O)[O-])ccc2Sc2nnnn2C)c1. The second-order valence-corrected chi connectivity index (χ2v) is 6.91. The Bertz CT molecular complexity index is 1030. The fourth-order valence-electron chi connectivity index (χ4n) is 2.36. The average Bonchev–Trinajstić information content (AvgIpc) is 3.03. The number of aromatic nitrogens is 4. The van der Waals surface area contributed by atoms with Crippen molar-refractivity contribution in [3.63, 3.8) is 0 Å². The van der Waals surface area contributed by atoms with Gasteiger partial charge in [0, 0.05) is 29.8 Å². The van der Waals surface area contributed by atoms with Crippen molar-refractivity contribution in [1.82, 2.24) is 20.2 Å². The number of nitro groups is 1. The number of amides is 1. The molecule has 2 aromatic carbocycles. The van der Waals surface area contributed by atoms with Gasteiger partial charge < -0.3 is 5.32 Å². The Labute approximate surface area is 158 Å². The number of nitrogens with zero attached hydrogens (tertiary/aromatic N) is 5. The van der Waals surface area contributed by atoms with Crippen LogP contribution in [0.15, 0.2) is 46.5 Å². The minimum Gasteiger partial charge on any atom is -0.322 e. The summed E-state index contributed by atoms with van der Waals surface area (Å²) in [4.78, 5) is 24.0. The summed E-state index contributed by atoms with van der Waals surface area (Å²) in [6.07, 6.45) is 0. The third kappa shape index (κ3) is 4.11. The maximum atomic E-state index is 12.9. The minimum atomic E-state index is -0.535. The van der Waals surface area contributed by atoms with Crippen LogP contribution in [0.2, 0.25) is 0 Å². The molecule has 0 aliphatic heterocycles. The number of non-ortho nitro benzene ring substituents is 1. The molecular weight excluding hydrogens is 368 g/mol. The molecule has 0 bridgehead atoms. The topological polar surface area (TPSA) is 116 Å². The Balaban J connectivity index is 1.99. The molecule has 9 nitrogen and oxygen atoms in total. The number of carbonyl (C=O) groups excluding carboxylic acids is 1. The molecule has 0 spiro atoms. The highest BCUT2D eigenvalue weighted by atomic mass is 32.2. The summed E-state index contributed by atoms with van der Waals surface area (Å²) in [6.45, 7) is 3.80. The van der Waals surface area contributed by atoms with E-state index in [-0.39, 0.29) is 11.3 Å². The number of tetrazole rings is 1. The molecule has 0 radical (unpaired) electrons. The maximum Gasteiger partial charge on any atom is 0.270 e. The summed E-state index contributed by atoms with van der Waals surface area (Å²) in [7, 11) is 1.67. The van der Waals surface area contributed by atoms with Gasteiger partial charge in [-0.1, -0.05) is 12.1 Å². The Morgan fingerprint density at radius 1 is 1.22 bits per heavy atom. The lowest BCUT2D eigenvalue weighted by Crippen LogP contribution is -2.14. The molecule has 1 amide bonds. The van der Waals surface area contributed by atoms with Crippen molar-refractivity contribution >= 4 is 29.0 Å². The predicted octanol–water partition coefficient (Wildman–Crippen LogP) is 3.14. The van der Waals surface area contributed by atoms with Crippen molar-refractivity contribution in [1.29, 1.82) is 0 Å². The first-order chi connectivity index (χ1) is 12.8. The molecule has 0 saturated heterocycles. The highest BCUT2D eigenvalue weighted by molar-refractivity contribution is 7.99. The van der Waals surface area contributed by atoms with E-state index in [9.17, 15) is 14.9 Å². The van der Waals surface area contributed by atoms with Crippen LogP contribution in [0.4, 0.5) is 11.4 Å². The molecule has 1 heterocycles. The van der Waals surface area contributed by atoms with E-state index in [1.165, 1.54) is 22.9 Å². The number of aryl methyl sites for hydroxylation is 3. The van der Waals surface area contributed by atoms with E-state index in [2.05, 4.69) is 20.8 Å². The summed E-state index contributed by atoms with van der Waals surface area (Å²) in [5.41, 5.74) is 2.56. The van der Waals surface area contributed by atoms with E-state index >= 15 is 0 Å². The Morgan fingerprint density at radius 2 is 2.00 bits per heavy atom. The predicted molar refractivity (Wildman–Crippen MR) is 99.9 cm³/mol. The minimum absolute atomic E-state index is 0.165. The first kappa shape index (κ1) is 18.5. The molecule has 3 aromatic rings. The van der Waals surface area contributed by atoms with Gasteiger partial charge in [-0.15, -0.1) is 5.10 Å². The van der Waals surface area contributed by atoms with E-state index in [1.54, 1.807) is 7.05 Å². The molecular formula is C17H16N6O3S. The molecule has 138 valence electrons. The molecule has 0 aliphatic rings. The number of benzene rings is 2. The summed E-state index contributed by atoms with van der Waals surface area (Å²) >= 11 is 1.16. The quantitative estimate of drug-likeness (QED) is 0.530. The van der Waals surface area contributed by atoms with Gasteiger partial charge in [0.05, 0.1) is 10.5 Å². The van der Waals surface area contributed by atoms with Gasteiger partial charge in [-0.25, -0.2) is 4.68 Å². The molecule has 0 saturated carbocycles. The second-order valence-electron chi connectivity index (χ2n) is 5.90. The van der Waals surface area contributed by atoms with Crippen LogP contribution in [0.25, 0.3) is 0 Å². The van der Waals surface area contributed by atoms with Crippen molar-refractivity contribution in [2.45, 2.75) is 23.9 Å². The molecule has 10 heteroatoms. The molecule has 0 fully saturated rings. The van der Waals surface area contributed by atoms with Gasteiger partial charge in [-0.3, -0.25) is 14.9 Å². The van der Waals surface area contributed by atoms with Crippen LogP contribution in [0, 0.1) is 24.0 Å². The number of anilines is 1. The van der Waals surface area contributed by atoms with E-state index in [0.29, 0.717) is 15.7 Å². The molecule has 27 heavy (non-hydrogen) atoms. The fraction of sp³-hybridized carbons (Fsp3) is 0.176. The van der Waals surface area contributed by atoms with Gasteiger partial charge in [-0.2, -0.15) is 0 Å². The van der Waals surface area contributed by atoms with Crippen LogP contribution in [-0.2, 0) is 7.05 Å². The highest BCUT2D eigenvalue weighted by Crippen LogP contribution is 2.31. The largest absolute Gasteiger partial charge is 0.322 e. The number of nitro benzene ring substituents is 1. The lowest BCUT2D eigenvalue weighted by molar-refractivity contribution is -0.384. The van der Waals surface area contributed by atoms with Gasteiger partial charge in [0.1, 0.15) is 0 Å². The van der Waals surface area contributed by atoms with Crippen LogP contribution in [-0.4, -0.2) is 31.0 Å². The van der Waals surface area contributed by atoms with E-state index < -0.39 is 10.8 Å². The first-order valence-corrected chi connectivity index (χ1v) is 8.74. The second kappa shape index (κ2) is 7.54. The van der Waals surface area contributed by atoms with E-state index in [4.69, 9.17) is 0 Å². The maximum absolute atomic E-state index is 12.9. The van der Waals surface area contributed by atoms with E-state index in [0.717, 1.165) is 22.9 Å². The summed E-state index contributed by atoms with van der Waals surface area (Å²) in [5.74, 6) is -0.440. The van der Waals surface area contributed by atoms with Crippen LogP contribution in [0.1, 0.15) is 21.5 Å².